The van der Waals surface area contributed by atoms with Crippen LogP contribution >= 0.6 is 0 Å². The molecule has 3 aliphatic rings. The summed E-state index contributed by atoms with van der Waals surface area (Å²) in [7, 11) is 0. The molecule has 0 spiro atoms. The first-order valence-electron chi connectivity index (χ1n) is 10.3. The molecule has 7 nitrogen and oxygen atoms in total. The van der Waals surface area contributed by atoms with Crippen LogP contribution in [0, 0.1) is 31.6 Å². The maximum atomic E-state index is 12.9. The summed E-state index contributed by atoms with van der Waals surface area (Å²) in [5.74, 6) is -0.784. The second kappa shape index (κ2) is 7.28. The number of amides is 5. The number of urea groups is 1. The number of imide groups is 2. The lowest BCUT2D eigenvalue weighted by atomic mass is 9.83. The van der Waals surface area contributed by atoms with E-state index >= 15 is 0 Å². The quantitative estimate of drug-likeness (QED) is 0.611. The van der Waals surface area contributed by atoms with E-state index in [1.807, 2.05) is 32.9 Å². The van der Waals surface area contributed by atoms with Gasteiger partial charge in [0.15, 0.2) is 0 Å². The van der Waals surface area contributed by atoms with Crippen molar-refractivity contribution in [3.8, 4) is 0 Å². The zero-order valence-corrected chi connectivity index (χ0v) is 17.1. The number of carbonyl (C=O) groups is 4. The Kier molecular flexibility index (Phi) is 4.92. The van der Waals surface area contributed by atoms with Gasteiger partial charge in [0.1, 0.15) is 6.54 Å². The third kappa shape index (κ3) is 3.43. The summed E-state index contributed by atoms with van der Waals surface area (Å²) < 4.78 is 0. The van der Waals surface area contributed by atoms with Crippen molar-refractivity contribution in [1.29, 1.82) is 0 Å². The predicted octanol–water partition coefficient (Wildman–Crippen LogP) is 2.86. The summed E-state index contributed by atoms with van der Waals surface area (Å²) in [6.45, 7) is 5.22. The SMILES string of the molecule is Cc1ccc(NC(=O)CN2C(=O)C(=O)N([C@@H](C)[C@@H]3C[C@H]4CC[C@H]3C4)C2=O)c(C)c1. The highest BCUT2D eigenvalue weighted by Gasteiger charge is 2.52. The lowest BCUT2D eigenvalue weighted by molar-refractivity contribution is -0.144. The van der Waals surface area contributed by atoms with Crippen LogP contribution in [0.3, 0.4) is 0 Å². The van der Waals surface area contributed by atoms with Crippen molar-refractivity contribution in [2.75, 3.05) is 11.9 Å². The number of nitrogens with one attached hydrogen (secondary N) is 1. The molecule has 154 valence electrons. The molecular formula is C22H27N3O4. The predicted molar refractivity (Wildman–Crippen MR) is 107 cm³/mol. The Hall–Kier alpha value is -2.70. The zero-order chi connectivity index (χ0) is 20.9. The maximum Gasteiger partial charge on any atom is 0.334 e. The van der Waals surface area contributed by atoms with Gasteiger partial charge in [-0.3, -0.25) is 19.3 Å². The Morgan fingerprint density at radius 2 is 1.90 bits per heavy atom. The van der Waals surface area contributed by atoms with Gasteiger partial charge in [0.05, 0.1) is 0 Å². The number of carbonyl (C=O) groups excluding carboxylic acids is 4. The number of fused-ring (bicyclic) bond motifs is 2. The first-order valence-corrected chi connectivity index (χ1v) is 10.3. The molecule has 2 aliphatic carbocycles. The molecule has 1 aromatic carbocycles. The van der Waals surface area contributed by atoms with Crippen molar-refractivity contribution in [2.45, 2.75) is 52.5 Å². The number of hydrogen-bond acceptors (Lipinski definition) is 4. The van der Waals surface area contributed by atoms with E-state index in [9.17, 15) is 19.2 Å². The van der Waals surface area contributed by atoms with Gasteiger partial charge in [-0.25, -0.2) is 9.69 Å². The molecule has 2 bridgehead atoms. The number of aryl methyl sites for hydroxylation is 2. The molecule has 1 aromatic rings. The Labute approximate surface area is 170 Å². The fraction of sp³-hybridized carbons (Fsp3) is 0.545. The molecule has 7 heteroatoms. The minimum absolute atomic E-state index is 0.249. The van der Waals surface area contributed by atoms with Crippen LogP contribution in [0.1, 0.15) is 43.7 Å². The summed E-state index contributed by atoms with van der Waals surface area (Å²) in [5, 5.41) is 2.73. The fourth-order valence-corrected chi connectivity index (χ4v) is 5.38. The Bertz CT molecular complexity index is 896. The first kappa shape index (κ1) is 19.6. The van der Waals surface area contributed by atoms with Crippen molar-refractivity contribution < 1.29 is 19.2 Å². The third-order valence-electron chi connectivity index (χ3n) is 6.86. The number of benzene rings is 1. The van der Waals surface area contributed by atoms with Crippen LogP contribution in [0.15, 0.2) is 18.2 Å². The normalized spacial score (nSPS) is 27.1. The lowest BCUT2D eigenvalue weighted by Gasteiger charge is -2.32. The van der Waals surface area contributed by atoms with Gasteiger partial charge in [0, 0.05) is 11.7 Å². The summed E-state index contributed by atoms with van der Waals surface area (Å²) >= 11 is 0. The van der Waals surface area contributed by atoms with E-state index in [0.717, 1.165) is 40.2 Å². The summed E-state index contributed by atoms with van der Waals surface area (Å²) in [4.78, 5) is 52.1. The third-order valence-corrected chi connectivity index (χ3v) is 6.86. The van der Waals surface area contributed by atoms with Gasteiger partial charge in [-0.2, -0.15) is 0 Å². The van der Waals surface area contributed by atoms with Gasteiger partial charge in [-0.1, -0.05) is 24.1 Å². The van der Waals surface area contributed by atoms with E-state index in [0.29, 0.717) is 17.5 Å². The second-order valence-electron chi connectivity index (χ2n) is 8.79. The molecule has 4 atom stereocenters. The van der Waals surface area contributed by atoms with Crippen LogP contribution in [-0.4, -0.2) is 46.1 Å². The van der Waals surface area contributed by atoms with Gasteiger partial charge in [-0.15, -0.1) is 0 Å². The number of hydrogen-bond donors (Lipinski definition) is 1. The van der Waals surface area contributed by atoms with E-state index in [2.05, 4.69) is 5.32 Å². The lowest BCUT2D eigenvalue weighted by Crippen LogP contribution is -2.45. The van der Waals surface area contributed by atoms with Gasteiger partial charge in [0.25, 0.3) is 0 Å². The zero-order valence-electron chi connectivity index (χ0n) is 17.1. The molecule has 0 radical (unpaired) electrons. The van der Waals surface area contributed by atoms with E-state index in [-0.39, 0.29) is 12.0 Å². The van der Waals surface area contributed by atoms with E-state index in [1.165, 1.54) is 6.42 Å². The molecule has 1 aliphatic heterocycles. The van der Waals surface area contributed by atoms with Gasteiger partial charge in [-0.05, 0) is 69.4 Å². The summed E-state index contributed by atoms with van der Waals surface area (Å²) in [6.07, 6.45) is 4.51. The fourth-order valence-electron chi connectivity index (χ4n) is 5.38. The Morgan fingerprint density at radius 3 is 2.52 bits per heavy atom. The molecule has 3 fully saturated rings. The first-order chi connectivity index (χ1) is 13.8. The summed E-state index contributed by atoms with van der Waals surface area (Å²) in [5.41, 5.74) is 2.58. The number of nitrogens with zero attached hydrogens (tertiary/aromatic N) is 2. The Morgan fingerprint density at radius 1 is 1.14 bits per heavy atom. The smallest absolute Gasteiger partial charge is 0.324 e. The van der Waals surface area contributed by atoms with Gasteiger partial charge in [0.2, 0.25) is 5.91 Å². The largest absolute Gasteiger partial charge is 0.334 e. The highest BCUT2D eigenvalue weighted by atomic mass is 16.2. The van der Waals surface area contributed by atoms with E-state index in [1.54, 1.807) is 6.07 Å². The maximum absolute atomic E-state index is 12.9. The molecular weight excluding hydrogens is 370 g/mol. The molecule has 4 rings (SSSR count). The standard InChI is InChI=1S/C22H27N3O4/c1-12-4-7-18(13(2)8-12)23-19(26)11-24-20(27)21(28)25(22(24)29)14(3)17-10-15-5-6-16(17)9-15/h4,7-8,14-17H,5-6,9-11H2,1-3H3,(H,23,26)/t14-,15-,16-,17-/m0/s1. The number of rotatable bonds is 5. The molecule has 29 heavy (non-hydrogen) atoms. The van der Waals surface area contributed by atoms with Crippen molar-refractivity contribution in [2.24, 2.45) is 17.8 Å². The van der Waals surface area contributed by atoms with Gasteiger partial charge < -0.3 is 5.32 Å². The van der Waals surface area contributed by atoms with Crippen LogP contribution < -0.4 is 5.32 Å². The van der Waals surface area contributed by atoms with Crippen molar-refractivity contribution in [3.63, 3.8) is 0 Å². The molecule has 0 unspecified atom stereocenters. The summed E-state index contributed by atoms with van der Waals surface area (Å²) in [6, 6.07) is 4.60. The highest BCUT2D eigenvalue weighted by Crippen LogP contribution is 2.50. The minimum atomic E-state index is -0.916. The Balaban J connectivity index is 1.44. The van der Waals surface area contributed by atoms with Crippen molar-refractivity contribution in [1.82, 2.24) is 9.80 Å². The van der Waals surface area contributed by atoms with Crippen LogP contribution in [0.5, 0.6) is 0 Å². The number of anilines is 1. The topological polar surface area (TPSA) is 86.8 Å². The van der Waals surface area contributed by atoms with Crippen LogP contribution in [0.25, 0.3) is 0 Å². The monoisotopic (exact) mass is 397 g/mol. The minimum Gasteiger partial charge on any atom is -0.324 e. The average Bonchev–Trinajstić information content (AvgIpc) is 3.35. The molecule has 0 aromatic heterocycles. The molecule has 1 heterocycles. The van der Waals surface area contributed by atoms with E-state index in [4.69, 9.17) is 0 Å². The van der Waals surface area contributed by atoms with E-state index < -0.39 is 30.3 Å². The molecule has 1 N–H and O–H groups in total. The van der Waals surface area contributed by atoms with Crippen LogP contribution in [-0.2, 0) is 14.4 Å². The molecule has 2 saturated carbocycles. The average molecular weight is 397 g/mol. The van der Waals surface area contributed by atoms with Crippen molar-refractivity contribution in [3.05, 3.63) is 29.3 Å². The highest BCUT2D eigenvalue weighted by molar-refractivity contribution is 6.45. The van der Waals surface area contributed by atoms with Crippen LogP contribution in [0.2, 0.25) is 0 Å². The van der Waals surface area contributed by atoms with Crippen LogP contribution in [0.4, 0.5) is 10.5 Å². The van der Waals surface area contributed by atoms with Gasteiger partial charge >= 0.3 is 17.8 Å². The molecule has 1 saturated heterocycles. The second-order valence-corrected chi connectivity index (χ2v) is 8.79. The van der Waals surface area contributed by atoms with Crippen molar-refractivity contribution >= 4 is 29.4 Å². The molecule has 5 amide bonds.